The van der Waals surface area contributed by atoms with Crippen LogP contribution in [0.2, 0.25) is 0 Å². The van der Waals surface area contributed by atoms with Gasteiger partial charge in [0.15, 0.2) is 0 Å². The minimum atomic E-state index is -4.86. The Morgan fingerprint density at radius 2 is 1.91 bits per heavy atom. The zero-order valence-electron chi connectivity index (χ0n) is 13.5. The smallest absolute Gasteiger partial charge is 0.434 e. The average molecular weight is 352 g/mol. The average Bonchev–Trinajstić information content (AvgIpc) is 2.36. The molecule has 0 heterocycles. The van der Waals surface area contributed by atoms with Crippen molar-refractivity contribution in [2.75, 3.05) is 13.2 Å². The maximum Gasteiger partial charge on any atom is 0.508 e. The molecule has 3 saturated carbocycles. The van der Waals surface area contributed by atoms with Crippen LogP contribution in [0, 0.1) is 23.2 Å². The molecule has 1 N–H and O–H groups in total. The first-order valence-corrected chi connectivity index (χ1v) is 9.48. The van der Waals surface area contributed by atoms with Crippen molar-refractivity contribution in [1.29, 1.82) is 0 Å². The van der Waals surface area contributed by atoms with Crippen LogP contribution >= 0.6 is 0 Å². The molecule has 3 atom stereocenters. The lowest BCUT2D eigenvalue weighted by atomic mass is 9.60. The molecule has 3 fully saturated rings. The minimum absolute atomic E-state index is 0.146. The lowest BCUT2D eigenvalue weighted by Gasteiger charge is -2.46. The summed E-state index contributed by atoms with van der Waals surface area (Å²) in [6.07, 6.45) is 4.50. The first-order chi connectivity index (χ1) is 10.6. The molecule has 0 aromatic carbocycles. The number of carbonyl (C=O) groups is 1. The van der Waals surface area contributed by atoms with Gasteiger partial charge in [-0.1, -0.05) is 13.8 Å². The van der Waals surface area contributed by atoms with E-state index in [-0.39, 0.29) is 12.0 Å². The normalized spacial score (nSPS) is 35.4. The van der Waals surface area contributed by atoms with Crippen LogP contribution in [0.5, 0.6) is 0 Å². The zero-order valence-corrected chi connectivity index (χ0v) is 14.4. The van der Waals surface area contributed by atoms with Crippen molar-refractivity contribution in [1.82, 2.24) is 0 Å². The Labute approximate surface area is 136 Å². The van der Waals surface area contributed by atoms with E-state index in [4.69, 9.17) is 9.29 Å². The van der Waals surface area contributed by atoms with Crippen LogP contribution in [0.1, 0.15) is 46.0 Å². The molecule has 6 nitrogen and oxygen atoms in total. The van der Waals surface area contributed by atoms with Gasteiger partial charge in [-0.3, -0.25) is 4.55 Å². The molecule has 8 heteroatoms. The van der Waals surface area contributed by atoms with Crippen molar-refractivity contribution in [3.63, 3.8) is 0 Å². The number of hydrogen-bond donors (Lipinski definition) is 1. The monoisotopic (exact) mass is 352 g/mol. The quantitative estimate of drug-likeness (QED) is 0.604. The molecule has 0 aromatic rings. The summed E-state index contributed by atoms with van der Waals surface area (Å²) in [4.78, 5) is 11.5. The Hall–Kier alpha value is -0.890. The van der Waals surface area contributed by atoms with Gasteiger partial charge in [0.25, 0.3) is 5.50 Å². The van der Waals surface area contributed by atoms with E-state index in [9.17, 15) is 17.6 Å². The highest BCUT2D eigenvalue weighted by molar-refractivity contribution is 7.86. The molecule has 2 bridgehead atoms. The van der Waals surface area contributed by atoms with Crippen LogP contribution in [-0.4, -0.2) is 37.8 Å². The van der Waals surface area contributed by atoms with Gasteiger partial charge in [-0.25, -0.2) is 9.18 Å². The maximum absolute atomic E-state index is 13.0. The third-order valence-corrected chi connectivity index (χ3v) is 5.67. The molecular formula is C15H25FO6S. The number of alkyl halides is 1. The van der Waals surface area contributed by atoms with Crippen molar-refractivity contribution in [3.8, 4) is 0 Å². The fourth-order valence-electron chi connectivity index (χ4n) is 4.12. The SMILES string of the molecule is CC1CC2CC(C2)CC(C)(COC(=O)OCC(F)S(=O)(=O)O)C1. The maximum atomic E-state index is 13.0. The number of fused-ring (bicyclic) bond motifs is 4. The molecule has 0 aliphatic heterocycles. The second kappa shape index (κ2) is 6.93. The van der Waals surface area contributed by atoms with Crippen LogP contribution in [0.4, 0.5) is 9.18 Å². The molecular weight excluding hydrogens is 327 g/mol. The molecule has 0 saturated heterocycles. The van der Waals surface area contributed by atoms with Crippen LogP contribution < -0.4 is 0 Å². The number of hydrogen-bond acceptors (Lipinski definition) is 5. The Kier molecular flexibility index (Phi) is 5.56. The van der Waals surface area contributed by atoms with Crippen molar-refractivity contribution in [2.45, 2.75) is 51.5 Å². The highest BCUT2D eigenvalue weighted by atomic mass is 32.2. The Balaban J connectivity index is 1.80. The van der Waals surface area contributed by atoms with Crippen LogP contribution in [0.25, 0.3) is 0 Å². The number of ether oxygens (including phenoxy) is 2. The van der Waals surface area contributed by atoms with Gasteiger partial charge in [-0.05, 0) is 49.9 Å². The first-order valence-electron chi connectivity index (χ1n) is 7.97. The van der Waals surface area contributed by atoms with Crippen molar-refractivity contribution in [2.24, 2.45) is 23.2 Å². The van der Waals surface area contributed by atoms with Crippen molar-refractivity contribution in [3.05, 3.63) is 0 Å². The summed E-state index contributed by atoms with van der Waals surface area (Å²) in [5, 5.41) is 0. The third-order valence-electron chi connectivity index (χ3n) is 4.89. The minimum Gasteiger partial charge on any atom is -0.434 e. The Morgan fingerprint density at radius 3 is 2.52 bits per heavy atom. The van der Waals surface area contributed by atoms with Crippen LogP contribution in [0.3, 0.4) is 0 Å². The zero-order chi connectivity index (χ0) is 17.3. The van der Waals surface area contributed by atoms with E-state index >= 15 is 0 Å². The van der Waals surface area contributed by atoms with Gasteiger partial charge in [0, 0.05) is 5.41 Å². The lowest BCUT2D eigenvalue weighted by Crippen LogP contribution is -2.38. The Bertz CT molecular complexity index is 526. The van der Waals surface area contributed by atoms with Gasteiger partial charge in [-0.15, -0.1) is 0 Å². The summed E-state index contributed by atoms with van der Waals surface area (Å²) < 4.78 is 51.9. The van der Waals surface area contributed by atoms with Gasteiger partial charge >= 0.3 is 16.3 Å². The van der Waals surface area contributed by atoms with Crippen LogP contribution in [0.15, 0.2) is 0 Å². The second-order valence-corrected chi connectivity index (χ2v) is 9.08. The largest absolute Gasteiger partial charge is 0.508 e. The second-order valence-electron chi connectivity index (χ2n) is 7.54. The number of halogens is 1. The van der Waals surface area contributed by atoms with Gasteiger partial charge in [0.2, 0.25) is 0 Å². The summed E-state index contributed by atoms with van der Waals surface area (Å²) in [7, 11) is -4.86. The predicted octanol–water partition coefficient (Wildman–Crippen LogP) is 3.18. The van der Waals surface area contributed by atoms with E-state index in [0.29, 0.717) is 11.8 Å². The number of rotatable bonds is 5. The van der Waals surface area contributed by atoms with E-state index in [0.717, 1.165) is 18.8 Å². The molecule has 134 valence electrons. The molecule has 3 unspecified atom stereocenters. The van der Waals surface area contributed by atoms with Crippen molar-refractivity contribution >= 4 is 16.3 Å². The summed E-state index contributed by atoms with van der Waals surface area (Å²) in [5.74, 6) is 2.07. The van der Waals surface area contributed by atoms with Gasteiger partial charge < -0.3 is 9.47 Å². The molecule has 3 aliphatic carbocycles. The molecule has 3 rings (SSSR count). The fraction of sp³-hybridized carbons (Fsp3) is 0.933. The summed E-state index contributed by atoms with van der Waals surface area (Å²) >= 11 is 0. The topological polar surface area (TPSA) is 89.9 Å². The standard InChI is InChI=1S/C15H25FO6S/c1-10-3-11-4-12(5-11)7-15(2,6-10)9-22-14(17)21-8-13(16)23(18,19)20/h10-13H,3-9H2,1-2H3,(H,18,19,20). The Morgan fingerprint density at radius 1 is 1.26 bits per heavy atom. The van der Waals surface area contributed by atoms with Crippen LogP contribution in [-0.2, 0) is 19.6 Å². The van der Waals surface area contributed by atoms with Crippen molar-refractivity contribution < 1.29 is 31.6 Å². The molecule has 0 spiro atoms. The van der Waals surface area contributed by atoms with E-state index in [1.165, 1.54) is 19.3 Å². The highest BCUT2D eigenvalue weighted by Gasteiger charge is 2.41. The van der Waals surface area contributed by atoms with Gasteiger partial charge in [0.1, 0.15) is 13.2 Å². The molecule has 0 aromatic heterocycles. The van der Waals surface area contributed by atoms with E-state index in [1.54, 1.807) is 0 Å². The predicted molar refractivity (Wildman–Crippen MR) is 81.1 cm³/mol. The van der Waals surface area contributed by atoms with E-state index in [2.05, 4.69) is 18.6 Å². The highest BCUT2D eigenvalue weighted by Crippen LogP contribution is 2.50. The molecule has 3 aliphatic rings. The first kappa shape index (κ1) is 18.4. The molecule has 0 amide bonds. The summed E-state index contributed by atoms with van der Waals surface area (Å²) in [6.45, 7) is 3.37. The lowest BCUT2D eigenvalue weighted by molar-refractivity contribution is -0.0182. The summed E-state index contributed by atoms with van der Waals surface area (Å²) in [6, 6.07) is 0. The molecule has 0 radical (unpaired) electrons. The number of carbonyl (C=O) groups excluding carboxylic acids is 1. The summed E-state index contributed by atoms with van der Waals surface area (Å²) in [5.41, 5.74) is -2.80. The molecule has 23 heavy (non-hydrogen) atoms. The van der Waals surface area contributed by atoms with Gasteiger partial charge in [-0.2, -0.15) is 8.42 Å². The van der Waals surface area contributed by atoms with E-state index < -0.39 is 28.4 Å². The van der Waals surface area contributed by atoms with Gasteiger partial charge in [0.05, 0.1) is 0 Å². The third kappa shape index (κ3) is 5.31. The van der Waals surface area contributed by atoms with E-state index in [1.807, 2.05) is 0 Å². The fourth-order valence-corrected chi connectivity index (χ4v) is 4.36.